The SMILES string of the molecule is O=C(COc1ccc(Cl)cc1)NNC1CC(=O)N(c2ccccc2)C1=O. The van der Waals surface area contributed by atoms with E-state index in [0.717, 1.165) is 4.90 Å². The molecule has 7 nitrogen and oxygen atoms in total. The zero-order valence-corrected chi connectivity index (χ0v) is 14.4. The zero-order chi connectivity index (χ0) is 18.5. The van der Waals surface area contributed by atoms with E-state index in [4.69, 9.17) is 16.3 Å². The molecule has 2 N–H and O–H groups in total. The Morgan fingerprint density at radius 3 is 2.50 bits per heavy atom. The van der Waals surface area contributed by atoms with E-state index in [1.807, 2.05) is 0 Å². The van der Waals surface area contributed by atoms with Crippen LogP contribution in [-0.2, 0) is 14.4 Å². The molecule has 26 heavy (non-hydrogen) atoms. The molecule has 1 unspecified atom stereocenters. The van der Waals surface area contributed by atoms with Gasteiger partial charge in [-0.3, -0.25) is 19.8 Å². The molecule has 0 bridgehead atoms. The molecule has 1 aliphatic rings. The molecule has 0 aliphatic carbocycles. The highest BCUT2D eigenvalue weighted by Crippen LogP contribution is 2.22. The van der Waals surface area contributed by atoms with Crippen LogP contribution in [0, 0.1) is 0 Å². The molecule has 1 saturated heterocycles. The van der Waals surface area contributed by atoms with Gasteiger partial charge >= 0.3 is 0 Å². The van der Waals surface area contributed by atoms with Gasteiger partial charge in [0, 0.05) is 5.02 Å². The number of amides is 3. The summed E-state index contributed by atoms with van der Waals surface area (Å²) in [7, 11) is 0. The molecule has 1 fully saturated rings. The molecular weight excluding hydrogens is 358 g/mol. The van der Waals surface area contributed by atoms with E-state index in [1.165, 1.54) is 0 Å². The van der Waals surface area contributed by atoms with Gasteiger partial charge in [0.2, 0.25) is 5.91 Å². The minimum Gasteiger partial charge on any atom is -0.484 e. The summed E-state index contributed by atoms with van der Waals surface area (Å²) >= 11 is 5.77. The maximum Gasteiger partial charge on any atom is 0.272 e. The summed E-state index contributed by atoms with van der Waals surface area (Å²) < 4.78 is 5.30. The molecule has 0 spiro atoms. The van der Waals surface area contributed by atoms with Gasteiger partial charge in [-0.1, -0.05) is 29.8 Å². The van der Waals surface area contributed by atoms with E-state index in [-0.39, 0.29) is 18.9 Å². The highest BCUT2D eigenvalue weighted by Gasteiger charge is 2.39. The lowest BCUT2D eigenvalue weighted by Gasteiger charge is -2.15. The van der Waals surface area contributed by atoms with Crippen LogP contribution in [0.3, 0.4) is 0 Å². The van der Waals surface area contributed by atoms with Crippen LogP contribution < -0.4 is 20.5 Å². The Balaban J connectivity index is 1.50. The van der Waals surface area contributed by atoms with Gasteiger partial charge in [-0.2, -0.15) is 0 Å². The largest absolute Gasteiger partial charge is 0.484 e. The minimum absolute atomic E-state index is 0.0357. The molecule has 1 atom stereocenters. The molecule has 2 aromatic rings. The van der Waals surface area contributed by atoms with Crippen molar-refractivity contribution in [3.8, 4) is 5.75 Å². The smallest absolute Gasteiger partial charge is 0.272 e. The molecule has 1 heterocycles. The van der Waals surface area contributed by atoms with Gasteiger partial charge in [0.25, 0.3) is 11.8 Å². The third kappa shape index (κ3) is 4.19. The van der Waals surface area contributed by atoms with E-state index < -0.39 is 17.9 Å². The van der Waals surface area contributed by atoms with E-state index in [0.29, 0.717) is 16.5 Å². The summed E-state index contributed by atoms with van der Waals surface area (Å²) in [6.45, 7) is -0.244. The van der Waals surface area contributed by atoms with Crippen molar-refractivity contribution >= 4 is 35.0 Å². The highest BCUT2D eigenvalue weighted by atomic mass is 35.5. The van der Waals surface area contributed by atoms with Gasteiger partial charge in [-0.25, -0.2) is 10.3 Å². The standard InChI is InChI=1S/C18H16ClN3O4/c19-12-6-8-14(9-7-12)26-11-16(23)21-20-15-10-17(24)22(18(15)25)13-4-2-1-3-5-13/h1-9,15,20H,10-11H2,(H,21,23). The van der Waals surface area contributed by atoms with Crippen molar-refractivity contribution in [2.45, 2.75) is 12.5 Å². The molecular formula is C18H16ClN3O4. The summed E-state index contributed by atoms with van der Waals surface area (Å²) in [6, 6.07) is 14.4. The zero-order valence-electron chi connectivity index (χ0n) is 13.6. The van der Waals surface area contributed by atoms with Gasteiger partial charge in [-0.05, 0) is 36.4 Å². The molecule has 3 amide bonds. The molecule has 134 valence electrons. The summed E-state index contributed by atoms with van der Waals surface area (Å²) in [4.78, 5) is 37.4. The topological polar surface area (TPSA) is 87.7 Å². The highest BCUT2D eigenvalue weighted by molar-refractivity contribution is 6.30. The summed E-state index contributed by atoms with van der Waals surface area (Å²) in [6.07, 6.45) is -0.0357. The van der Waals surface area contributed by atoms with Crippen LogP contribution in [0.25, 0.3) is 0 Å². The first kappa shape index (κ1) is 17.9. The first-order valence-electron chi connectivity index (χ1n) is 7.89. The Kier molecular flexibility index (Phi) is 5.50. The molecule has 0 radical (unpaired) electrons. The fourth-order valence-electron chi connectivity index (χ4n) is 2.48. The monoisotopic (exact) mass is 373 g/mol. The number of nitrogens with zero attached hydrogens (tertiary/aromatic N) is 1. The number of rotatable bonds is 6. The average molecular weight is 374 g/mol. The number of anilines is 1. The Morgan fingerprint density at radius 1 is 1.12 bits per heavy atom. The molecule has 3 rings (SSSR count). The molecule has 8 heteroatoms. The third-order valence-electron chi connectivity index (χ3n) is 3.73. The van der Waals surface area contributed by atoms with Crippen molar-refractivity contribution in [1.82, 2.24) is 10.9 Å². The quantitative estimate of drug-likeness (QED) is 0.594. The van der Waals surface area contributed by atoms with Crippen LogP contribution in [0.5, 0.6) is 5.75 Å². The summed E-state index contributed by atoms with van der Waals surface area (Å²) in [5.41, 5.74) is 5.49. The summed E-state index contributed by atoms with van der Waals surface area (Å²) in [5.74, 6) is -0.726. The van der Waals surface area contributed by atoms with Crippen LogP contribution in [0.1, 0.15) is 6.42 Å². The van der Waals surface area contributed by atoms with Crippen LogP contribution in [0.2, 0.25) is 5.02 Å². The number of hydrazine groups is 1. The minimum atomic E-state index is -0.817. The average Bonchev–Trinajstić information content (AvgIpc) is 2.93. The van der Waals surface area contributed by atoms with Gasteiger partial charge < -0.3 is 4.74 Å². The second-order valence-electron chi connectivity index (χ2n) is 5.59. The number of hydrogen-bond donors (Lipinski definition) is 2. The van der Waals surface area contributed by atoms with Crippen molar-refractivity contribution in [3.63, 3.8) is 0 Å². The third-order valence-corrected chi connectivity index (χ3v) is 3.98. The number of nitrogens with one attached hydrogen (secondary N) is 2. The predicted molar refractivity (Wildman–Crippen MR) is 95.6 cm³/mol. The van der Waals surface area contributed by atoms with E-state index in [2.05, 4.69) is 10.9 Å². The van der Waals surface area contributed by atoms with Crippen LogP contribution >= 0.6 is 11.6 Å². The molecule has 0 saturated carbocycles. The van der Waals surface area contributed by atoms with Crippen LogP contribution in [0.15, 0.2) is 54.6 Å². The van der Waals surface area contributed by atoms with E-state index >= 15 is 0 Å². The number of para-hydroxylation sites is 1. The Bertz CT molecular complexity index is 811. The van der Waals surface area contributed by atoms with Crippen molar-refractivity contribution in [1.29, 1.82) is 0 Å². The van der Waals surface area contributed by atoms with Crippen molar-refractivity contribution in [2.75, 3.05) is 11.5 Å². The number of ether oxygens (including phenoxy) is 1. The lowest BCUT2D eigenvalue weighted by atomic mass is 10.2. The number of carbonyl (C=O) groups is 3. The number of halogens is 1. The second kappa shape index (κ2) is 7.99. The van der Waals surface area contributed by atoms with E-state index in [9.17, 15) is 14.4 Å². The maximum atomic E-state index is 12.4. The first-order valence-corrected chi connectivity index (χ1v) is 8.27. The van der Waals surface area contributed by atoms with Crippen LogP contribution in [-0.4, -0.2) is 30.4 Å². The normalized spacial score (nSPS) is 16.7. The Morgan fingerprint density at radius 2 is 1.81 bits per heavy atom. The number of imide groups is 1. The molecule has 0 aromatic heterocycles. The van der Waals surface area contributed by atoms with Crippen molar-refractivity contribution < 1.29 is 19.1 Å². The van der Waals surface area contributed by atoms with Crippen LogP contribution in [0.4, 0.5) is 5.69 Å². The van der Waals surface area contributed by atoms with Gasteiger partial charge in [0.05, 0.1) is 12.1 Å². The number of hydrogen-bond acceptors (Lipinski definition) is 5. The number of benzene rings is 2. The fourth-order valence-corrected chi connectivity index (χ4v) is 2.60. The maximum absolute atomic E-state index is 12.4. The Hall–Kier alpha value is -2.90. The van der Waals surface area contributed by atoms with Crippen molar-refractivity contribution in [2.24, 2.45) is 0 Å². The summed E-state index contributed by atoms with van der Waals surface area (Å²) in [5, 5.41) is 0.566. The van der Waals surface area contributed by atoms with Crippen molar-refractivity contribution in [3.05, 3.63) is 59.6 Å². The second-order valence-corrected chi connectivity index (χ2v) is 6.03. The number of carbonyl (C=O) groups excluding carboxylic acids is 3. The predicted octanol–water partition coefficient (Wildman–Crippen LogP) is 1.67. The molecule has 1 aliphatic heterocycles. The van der Waals surface area contributed by atoms with Gasteiger partial charge in [0.15, 0.2) is 6.61 Å². The van der Waals surface area contributed by atoms with Gasteiger partial charge in [-0.15, -0.1) is 0 Å². The van der Waals surface area contributed by atoms with Gasteiger partial charge in [0.1, 0.15) is 11.8 Å². The fraction of sp³-hybridized carbons (Fsp3) is 0.167. The Labute approximate surface area is 154 Å². The lowest BCUT2D eigenvalue weighted by Crippen LogP contribution is -2.49. The lowest BCUT2D eigenvalue weighted by molar-refractivity contribution is -0.125. The first-order chi connectivity index (χ1) is 12.5. The van der Waals surface area contributed by atoms with E-state index in [1.54, 1.807) is 54.6 Å². The molecule has 2 aromatic carbocycles.